The van der Waals surface area contributed by atoms with Crippen LogP contribution >= 0.6 is 34.9 Å². The van der Waals surface area contributed by atoms with Crippen LogP contribution in [0.1, 0.15) is 24.2 Å². The van der Waals surface area contributed by atoms with Gasteiger partial charge in [-0.15, -0.1) is 22.0 Å². The number of aromatic nitrogens is 2. The van der Waals surface area contributed by atoms with E-state index in [1.54, 1.807) is 28.4 Å². The molecule has 8 nitrogen and oxygen atoms in total. The number of hydrogen-bond acceptors (Lipinski definition) is 9. The summed E-state index contributed by atoms with van der Waals surface area (Å²) in [5, 5.41) is 11.2. The minimum atomic E-state index is -0.311. The van der Waals surface area contributed by atoms with Gasteiger partial charge in [0.15, 0.2) is 15.8 Å². The molecule has 2 aliphatic rings. The van der Waals surface area contributed by atoms with Crippen LogP contribution in [0.3, 0.4) is 0 Å². The number of carbonyl (C=O) groups is 2. The van der Waals surface area contributed by atoms with Gasteiger partial charge in [-0.25, -0.2) is 0 Å². The lowest BCUT2D eigenvalue weighted by Gasteiger charge is -2.21. The van der Waals surface area contributed by atoms with Gasteiger partial charge in [0, 0.05) is 16.6 Å². The highest BCUT2D eigenvalue weighted by Crippen LogP contribution is 2.47. The molecule has 33 heavy (non-hydrogen) atoms. The monoisotopic (exact) mass is 500 g/mol. The SMILES string of the molecule is CCSc1nnc(NC(=O)CN2C(=O)CC(c3ccc4c(c3)OCO4)Sc3ccccc32)s1. The van der Waals surface area contributed by atoms with Crippen molar-refractivity contribution in [2.24, 2.45) is 0 Å². The van der Waals surface area contributed by atoms with Crippen molar-refractivity contribution in [2.45, 2.75) is 27.8 Å². The third kappa shape index (κ3) is 4.80. The van der Waals surface area contributed by atoms with Crippen LogP contribution < -0.4 is 19.7 Å². The predicted molar refractivity (Wildman–Crippen MR) is 130 cm³/mol. The van der Waals surface area contributed by atoms with Gasteiger partial charge in [0.2, 0.25) is 23.7 Å². The van der Waals surface area contributed by atoms with E-state index in [1.165, 1.54) is 11.3 Å². The summed E-state index contributed by atoms with van der Waals surface area (Å²) in [5.41, 5.74) is 1.71. The van der Waals surface area contributed by atoms with Gasteiger partial charge in [-0.3, -0.25) is 14.9 Å². The first-order valence-corrected chi connectivity index (χ1v) is 13.0. The molecule has 2 aliphatic heterocycles. The lowest BCUT2D eigenvalue weighted by Crippen LogP contribution is -2.38. The first-order valence-electron chi connectivity index (χ1n) is 10.3. The summed E-state index contributed by atoms with van der Waals surface area (Å²) in [5.74, 6) is 1.84. The van der Waals surface area contributed by atoms with E-state index in [0.717, 1.165) is 26.2 Å². The van der Waals surface area contributed by atoms with Crippen molar-refractivity contribution in [3.8, 4) is 11.5 Å². The number of amides is 2. The molecule has 3 aromatic rings. The van der Waals surface area contributed by atoms with E-state index < -0.39 is 0 Å². The van der Waals surface area contributed by atoms with Gasteiger partial charge in [-0.1, -0.05) is 48.2 Å². The van der Waals surface area contributed by atoms with Crippen LogP contribution in [0, 0.1) is 0 Å². The molecule has 2 amide bonds. The van der Waals surface area contributed by atoms with E-state index >= 15 is 0 Å². The van der Waals surface area contributed by atoms with Gasteiger partial charge in [-0.05, 0) is 35.6 Å². The molecule has 11 heteroatoms. The highest BCUT2D eigenvalue weighted by Gasteiger charge is 2.31. The van der Waals surface area contributed by atoms with Crippen LogP contribution in [0.2, 0.25) is 0 Å². The average Bonchev–Trinajstić information content (AvgIpc) is 3.43. The maximum atomic E-state index is 13.3. The van der Waals surface area contributed by atoms with Crippen LogP contribution in [0.5, 0.6) is 11.5 Å². The van der Waals surface area contributed by atoms with E-state index in [0.29, 0.717) is 16.6 Å². The molecule has 1 N–H and O–H groups in total. The van der Waals surface area contributed by atoms with Crippen LogP contribution in [0.15, 0.2) is 51.7 Å². The standard InChI is InChI=1S/C22H20N4O4S3/c1-2-31-22-25-24-21(33-22)23-19(27)11-26-14-5-3-4-6-17(14)32-18(10-20(26)28)13-7-8-15-16(9-13)30-12-29-15/h3-9,18H,2,10-12H2,1H3,(H,23,24,27). The summed E-state index contributed by atoms with van der Waals surface area (Å²) in [6.07, 6.45) is 0.252. The summed E-state index contributed by atoms with van der Waals surface area (Å²) in [6, 6.07) is 13.4. The number of rotatable bonds is 6. The van der Waals surface area contributed by atoms with Crippen molar-refractivity contribution < 1.29 is 19.1 Å². The number of thioether (sulfide) groups is 2. The zero-order valence-electron chi connectivity index (χ0n) is 17.6. The second kappa shape index (κ2) is 9.62. The number of carbonyl (C=O) groups excluding carboxylic acids is 2. The zero-order chi connectivity index (χ0) is 22.8. The molecule has 0 saturated carbocycles. The van der Waals surface area contributed by atoms with Crippen LogP contribution in [0.4, 0.5) is 10.8 Å². The molecule has 5 rings (SSSR count). The molecule has 2 aromatic carbocycles. The molecule has 170 valence electrons. The highest BCUT2D eigenvalue weighted by molar-refractivity contribution is 8.01. The van der Waals surface area contributed by atoms with Gasteiger partial charge >= 0.3 is 0 Å². The molecule has 1 unspecified atom stereocenters. The Labute approximate surface area is 203 Å². The predicted octanol–water partition coefficient (Wildman–Crippen LogP) is 4.59. The Morgan fingerprint density at radius 2 is 2.06 bits per heavy atom. The lowest BCUT2D eigenvalue weighted by atomic mass is 10.1. The Morgan fingerprint density at radius 1 is 1.21 bits per heavy atom. The fourth-order valence-corrected chi connectivity index (χ4v) is 6.53. The minimum Gasteiger partial charge on any atom is -0.454 e. The number of nitrogens with one attached hydrogen (secondary N) is 1. The Morgan fingerprint density at radius 3 is 2.94 bits per heavy atom. The van der Waals surface area contributed by atoms with Crippen molar-refractivity contribution >= 4 is 57.5 Å². The fourth-order valence-electron chi connectivity index (χ4n) is 3.60. The number of anilines is 2. The number of hydrogen-bond donors (Lipinski definition) is 1. The van der Waals surface area contributed by atoms with Crippen molar-refractivity contribution in [3.05, 3.63) is 48.0 Å². The summed E-state index contributed by atoms with van der Waals surface area (Å²) >= 11 is 4.50. The molecule has 1 atom stereocenters. The molecular weight excluding hydrogens is 480 g/mol. The number of nitrogens with zero attached hydrogens (tertiary/aromatic N) is 3. The van der Waals surface area contributed by atoms with E-state index in [4.69, 9.17) is 9.47 Å². The van der Waals surface area contributed by atoms with Crippen molar-refractivity contribution in [1.82, 2.24) is 10.2 Å². The van der Waals surface area contributed by atoms with Crippen LogP contribution in [0.25, 0.3) is 0 Å². The van der Waals surface area contributed by atoms with Gasteiger partial charge < -0.3 is 14.4 Å². The smallest absolute Gasteiger partial charge is 0.246 e. The zero-order valence-corrected chi connectivity index (χ0v) is 20.1. The van der Waals surface area contributed by atoms with Gasteiger partial charge in [0.05, 0.1) is 5.69 Å². The molecule has 0 fully saturated rings. The summed E-state index contributed by atoms with van der Waals surface area (Å²) in [7, 11) is 0. The van der Waals surface area contributed by atoms with Gasteiger partial charge in [0.25, 0.3) is 0 Å². The minimum absolute atomic E-state index is 0.0971. The molecule has 0 aliphatic carbocycles. The second-order valence-corrected chi connectivity index (χ2v) is 11.0. The van der Waals surface area contributed by atoms with E-state index in [-0.39, 0.29) is 36.8 Å². The summed E-state index contributed by atoms with van der Waals surface area (Å²) in [6.45, 7) is 2.14. The number of benzene rings is 2. The Balaban J connectivity index is 1.36. The van der Waals surface area contributed by atoms with Crippen molar-refractivity contribution in [3.63, 3.8) is 0 Å². The molecule has 0 spiro atoms. The highest BCUT2D eigenvalue weighted by atomic mass is 32.2. The fraction of sp³-hybridized carbons (Fsp3) is 0.273. The van der Waals surface area contributed by atoms with Gasteiger partial charge in [0.1, 0.15) is 6.54 Å². The molecule has 0 bridgehead atoms. The maximum absolute atomic E-state index is 13.3. The third-order valence-corrected chi connectivity index (χ3v) is 8.25. The van der Waals surface area contributed by atoms with Gasteiger partial charge in [-0.2, -0.15) is 0 Å². The summed E-state index contributed by atoms with van der Waals surface area (Å²) in [4.78, 5) is 28.6. The van der Waals surface area contributed by atoms with E-state index in [2.05, 4.69) is 15.5 Å². The first kappa shape index (κ1) is 22.1. The molecular formula is C22H20N4O4S3. The van der Waals surface area contributed by atoms with Crippen molar-refractivity contribution in [1.29, 1.82) is 0 Å². The number of para-hydroxylation sites is 1. The number of fused-ring (bicyclic) bond motifs is 2. The quantitative estimate of drug-likeness (QED) is 0.388. The molecule has 3 heterocycles. The molecule has 0 radical (unpaired) electrons. The number of ether oxygens (including phenoxy) is 2. The Hall–Kier alpha value is -2.76. The molecule has 0 saturated heterocycles. The first-order chi connectivity index (χ1) is 16.1. The topological polar surface area (TPSA) is 93.7 Å². The second-order valence-electron chi connectivity index (χ2n) is 7.23. The normalized spacial score (nSPS) is 16.9. The summed E-state index contributed by atoms with van der Waals surface area (Å²) < 4.78 is 11.7. The van der Waals surface area contributed by atoms with Crippen LogP contribution in [-0.4, -0.2) is 41.1 Å². The van der Waals surface area contributed by atoms with E-state index in [1.807, 2.05) is 49.4 Å². The molecule has 1 aromatic heterocycles. The third-order valence-electron chi connectivity index (χ3n) is 5.08. The Bertz CT molecular complexity index is 1200. The Kier molecular flexibility index (Phi) is 6.43. The largest absolute Gasteiger partial charge is 0.454 e. The lowest BCUT2D eigenvalue weighted by molar-refractivity contribution is -0.121. The van der Waals surface area contributed by atoms with Crippen LogP contribution in [-0.2, 0) is 9.59 Å². The average molecular weight is 501 g/mol. The van der Waals surface area contributed by atoms with E-state index in [9.17, 15) is 9.59 Å². The van der Waals surface area contributed by atoms with Crippen molar-refractivity contribution in [2.75, 3.05) is 29.3 Å². The maximum Gasteiger partial charge on any atom is 0.246 e.